The standard InChI is InChI=1S/C23H20ClN3O5S/c1-14(22(28)26-17-7-12-21(32-2)20(24)13-17)33-19-10-5-16(6-11-19)25-23(29)15-3-8-18(9-4-15)27(30)31/h3-14H,1-2H3,(H,25,29)(H,26,28). The Morgan fingerprint density at radius 3 is 2.21 bits per heavy atom. The molecule has 0 aliphatic carbocycles. The first-order valence-electron chi connectivity index (χ1n) is 9.73. The molecular formula is C23H20ClN3O5S. The Bertz CT molecular complexity index is 1170. The van der Waals surface area contributed by atoms with Crippen molar-refractivity contribution in [2.24, 2.45) is 0 Å². The summed E-state index contributed by atoms with van der Waals surface area (Å²) in [6.45, 7) is 1.79. The number of anilines is 2. The highest BCUT2D eigenvalue weighted by atomic mass is 35.5. The highest BCUT2D eigenvalue weighted by Crippen LogP contribution is 2.29. The molecule has 0 aliphatic heterocycles. The van der Waals surface area contributed by atoms with E-state index in [1.54, 1.807) is 49.4 Å². The molecule has 0 saturated heterocycles. The minimum atomic E-state index is -0.522. The zero-order valence-corrected chi connectivity index (χ0v) is 19.3. The van der Waals surface area contributed by atoms with Crippen LogP contribution < -0.4 is 15.4 Å². The molecule has 0 saturated carbocycles. The Morgan fingerprint density at radius 2 is 1.64 bits per heavy atom. The second kappa shape index (κ2) is 10.8. The van der Waals surface area contributed by atoms with Crippen LogP contribution >= 0.6 is 23.4 Å². The molecule has 0 bridgehead atoms. The number of thioether (sulfide) groups is 1. The van der Waals surface area contributed by atoms with Crippen LogP contribution in [0.15, 0.2) is 71.6 Å². The Labute approximate surface area is 199 Å². The van der Waals surface area contributed by atoms with E-state index >= 15 is 0 Å². The summed E-state index contributed by atoms with van der Waals surface area (Å²) < 4.78 is 5.10. The van der Waals surface area contributed by atoms with Crippen LogP contribution in [0.1, 0.15) is 17.3 Å². The summed E-state index contributed by atoms with van der Waals surface area (Å²) in [5, 5.41) is 16.3. The molecule has 0 radical (unpaired) electrons. The number of nitro groups is 1. The van der Waals surface area contributed by atoms with Gasteiger partial charge in [0.2, 0.25) is 5.91 Å². The third kappa shape index (κ3) is 6.47. The fourth-order valence-corrected chi connectivity index (χ4v) is 3.93. The van der Waals surface area contributed by atoms with E-state index in [1.807, 2.05) is 0 Å². The number of carbonyl (C=O) groups is 2. The number of amides is 2. The number of hydrogen-bond donors (Lipinski definition) is 2. The number of hydrogen-bond acceptors (Lipinski definition) is 6. The Morgan fingerprint density at radius 1 is 1.00 bits per heavy atom. The van der Waals surface area contributed by atoms with Crippen LogP contribution in [0.2, 0.25) is 5.02 Å². The second-order valence-corrected chi connectivity index (χ2v) is 8.70. The first kappa shape index (κ1) is 24.1. The van der Waals surface area contributed by atoms with Crippen LogP contribution in [0.25, 0.3) is 0 Å². The summed E-state index contributed by atoms with van der Waals surface area (Å²) in [6, 6.07) is 17.4. The lowest BCUT2D eigenvalue weighted by Crippen LogP contribution is -2.22. The van der Waals surface area contributed by atoms with Gasteiger partial charge in [-0.1, -0.05) is 11.6 Å². The molecule has 33 heavy (non-hydrogen) atoms. The first-order valence-corrected chi connectivity index (χ1v) is 11.0. The number of halogens is 1. The average molecular weight is 486 g/mol. The molecule has 0 aliphatic rings. The predicted octanol–water partition coefficient (Wildman–Crippen LogP) is 5.63. The van der Waals surface area contributed by atoms with Crippen molar-refractivity contribution in [2.75, 3.05) is 17.7 Å². The molecule has 3 aromatic carbocycles. The highest BCUT2D eigenvalue weighted by molar-refractivity contribution is 8.00. The lowest BCUT2D eigenvalue weighted by molar-refractivity contribution is -0.384. The number of rotatable bonds is 8. The minimum absolute atomic E-state index is 0.0822. The van der Waals surface area contributed by atoms with Gasteiger partial charge in [-0.3, -0.25) is 19.7 Å². The maximum atomic E-state index is 12.5. The fourth-order valence-electron chi connectivity index (χ4n) is 2.80. The van der Waals surface area contributed by atoms with E-state index in [0.29, 0.717) is 27.7 Å². The SMILES string of the molecule is COc1ccc(NC(=O)C(C)Sc2ccc(NC(=O)c3ccc([N+](=O)[O-])cc3)cc2)cc1Cl. The lowest BCUT2D eigenvalue weighted by Gasteiger charge is -2.13. The smallest absolute Gasteiger partial charge is 0.269 e. The van der Waals surface area contributed by atoms with Gasteiger partial charge in [-0.05, 0) is 61.5 Å². The maximum absolute atomic E-state index is 12.5. The van der Waals surface area contributed by atoms with E-state index in [-0.39, 0.29) is 22.8 Å². The van der Waals surface area contributed by atoms with Crippen LogP contribution in [-0.2, 0) is 4.79 Å². The van der Waals surface area contributed by atoms with Gasteiger partial charge in [0.05, 0.1) is 22.3 Å². The van der Waals surface area contributed by atoms with E-state index in [1.165, 1.54) is 43.1 Å². The van der Waals surface area contributed by atoms with Crippen LogP contribution in [0.4, 0.5) is 17.1 Å². The average Bonchev–Trinajstić information content (AvgIpc) is 2.80. The summed E-state index contributed by atoms with van der Waals surface area (Å²) >= 11 is 7.46. The third-order valence-electron chi connectivity index (χ3n) is 4.55. The van der Waals surface area contributed by atoms with Crippen LogP contribution in [0, 0.1) is 10.1 Å². The van der Waals surface area contributed by atoms with Gasteiger partial charge in [0.25, 0.3) is 11.6 Å². The summed E-state index contributed by atoms with van der Waals surface area (Å²) in [6.07, 6.45) is 0. The molecule has 3 rings (SSSR count). The number of methoxy groups -OCH3 is 1. The van der Waals surface area contributed by atoms with Crippen molar-refractivity contribution in [3.63, 3.8) is 0 Å². The topological polar surface area (TPSA) is 111 Å². The molecule has 0 aromatic heterocycles. The summed E-state index contributed by atoms with van der Waals surface area (Å²) in [5.41, 5.74) is 1.36. The Kier molecular flexibility index (Phi) is 7.92. The van der Waals surface area contributed by atoms with E-state index in [2.05, 4.69) is 10.6 Å². The molecule has 2 N–H and O–H groups in total. The van der Waals surface area contributed by atoms with Crippen molar-refractivity contribution in [1.82, 2.24) is 0 Å². The third-order valence-corrected chi connectivity index (χ3v) is 5.96. The molecule has 170 valence electrons. The lowest BCUT2D eigenvalue weighted by atomic mass is 10.2. The number of benzene rings is 3. The molecular weight excluding hydrogens is 466 g/mol. The quantitative estimate of drug-likeness (QED) is 0.243. The van der Waals surface area contributed by atoms with Crippen LogP contribution in [-0.4, -0.2) is 29.1 Å². The van der Waals surface area contributed by atoms with Crippen molar-refractivity contribution in [1.29, 1.82) is 0 Å². The van der Waals surface area contributed by atoms with Crippen molar-refractivity contribution in [3.05, 3.63) is 87.4 Å². The van der Waals surface area contributed by atoms with Crippen LogP contribution in [0.3, 0.4) is 0 Å². The van der Waals surface area contributed by atoms with E-state index in [4.69, 9.17) is 16.3 Å². The zero-order valence-electron chi connectivity index (χ0n) is 17.7. The normalized spacial score (nSPS) is 11.4. The van der Waals surface area contributed by atoms with Gasteiger partial charge < -0.3 is 15.4 Å². The number of nitro benzene ring substituents is 1. The van der Waals surface area contributed by atoms with Crippen LogP contribution in [0.5, 0.6) is 5.75 Å². The van der Waals surface area contributed by atoms with E-state index in [0.717, 1.165) is 4.90 Å². The van der Waals surface area contributed by atoms with Crippen molar-refractivity contribution in [2.45, 2.75) is 17.1 Å². The molecule has 3 aromatic rings. The van der Waals surface area contributed by atoms with Crippen molar-refractivity contribution in [3.8, 4) is 5.75 Å². The van der Waals surface area contributed by atoms with Crippen molar-refractivity contribution < 1.29 is 19.2 Å². The number of carbonyl (C=O) groups excluding carboxylic acids is 2. The molecule has 0 heterocycles. The molecule has 2 amide bonds. The molecule has 1 atom stereocenters. The molecule has 1 unspecified atom stereocenters. The fraction of sp³-hybridized carbons (Fsp3) is 0.130. The second-order valence-electron chi connectivity index (χ2n) is 6.88. The summed E-state index contributed by atoms with van der Waals surface area (Å²) in [7, 11) is 1.52. The van der Waals surface area contributed by atoms with E-state index in [9.17, 15) is 19.7 Å². The van der Waals surface area contributed by atoms with Gasteiger partial charge in [0.15, 0.2) is 0 Å². The zero-order chi connectivity index (χ0) is 24.0. The molecule has 10 heteroatoms. The molecule has 8 nitrogen and oxygen atoms in total. The number of nitrogens with one attached hydrogen (secondary N) is 2. The van der Waals surface area contributed by atoms with Gasteiger partial charge in [-0.2, -0.15) is 0 Å². The van der Waals surface area contributed by atoms with Gasteiger partial charge in [0, 0.05) is 34.0 Å². The van der Waals surface area contributed by atoms with Crippen molar-refractivity contribution >= 4 is 52.2 Å². The first-order chi connectivity index (χ1) is 15.8. The number of non-ortho nitro benzene ring substituents is 1. The maximum Gasteiger partial charge on any atom is 0.269 e. The predicted molar refractivity (Wildman–Crippen MR) is 129 cm³/mol. The van der Waals surface area contributed by atoms with E-state index < -0.39 is 4.92 Å². The van der Waals surface area contributed by atoms with Gasteiger partial charge in [-0.15, -0.1) is 11.8 Å². The molecule has 0 fully saturated rings. The highest BCUT2D eigenvalue weighted by Gasteiger charge is 2.16. The summed E-state index contributed by atoms with van der Waals surface area (Å²) in [5.74, 6) is -0.0363. The Hall–Kier alpha value is -3.56. The molecule has 0 spiro atoms. The number of nitrogens with zero attached hydrogens (tertiary/aromatic N) is 1. The van der Waals surface area contributed by atoms with Gasteiger partial charge >= 0.3 is 0 Å². The summed E-state index contributed by atoms with van der Waals surface area (Å²) in [4.78, 5) is 35.9. The van der Waals surface area contributed by atoms with Gasteiger partial charge in [0.1, 0.15) is 5.75 Å². The minimum Gasteiger partial charge on any atom is -0.495 e. The largest absolute Gasteiger partial charge is 0.495 e. The van der Waals surface area contributed by atoms with Gasteiger partial charge in [-0.25, -0.2) is 0 Å². The number of ether oxygens (including phenoxy) is 1. The Balaban J connectivity index is 1.56. The monoisotopic (exact) mass is 485 g/mol.